The predicted octanol–water partition coefficient (Wildman–Crippen LogP) is 1.83. The van der Waals surface area contributed by atoms with Crippen LogP contribution >= 0.6 is 0 Å². The fourth-order valence-corrected chi connectivity index (χ4v) is 4.31. The van der Waals surface area contributed by atoms with Crippen molar-refractivity contribution >= 4 is 0 Å². The van der Waals surface area contributed by atoms with Crippen LogP contribution in [0.2, 0.25) is 0 Å². The van der Waals surface area contributed by atoms with Gasteiger partial charge < -0.3 is 4.90 Å². The van der Waals surface area contributed by atoms with E-state index < -0.39 is 0 Å². The lowest BCUT2D eigenvalue weighted by Gasteiger charge is -2.51. The Hall–Kier alpha value is -0.940. The van der Waals surface area contributed by atoms with Crippen LogP contribution in [-0.2, 0) is 6.54 Å². The fraction of sp³-hybridized carbons (Fsp3) is 0.700. The van der Waals surface area contributed by atoms with Gasteiger partial charge in [0.25, 0.3) is 0 Å². The van der Waals surface area contributed by atoms with Crippen LogP contribution in [-0.4, -0.2) is 91.1 Å². The topological polar surface area (TPSA) is 13.0 Å². The molecule has 4 nitrogen and oxygen atoms in total. The largest absolute Gasteiger partial charge is 0.303 e. The smallest absolute Gasteiger partial charge is 0.0394 e. The third-order valence-electron chi connectivity index (χ3n) is 5.80. The molecular weight excluding hydrogens is 296 g/mol. The lowest BCUT2D eigenvalue weighted by molar-refractivity contribution is -0.0222. The van der Waals surface area contributed by atoms with Crippen molar-refractivity contribution in [2.75, 3.05) is 53.4 Å². The molecule has 0 amide bonds. The highest BCUT2D eigenvalue weighted by molar-refractivity contribution is 5.14. The van der Waals surface area contributed by atoms with Crippen molar-refractivity contribution < 1.29 is 0 Å². The second-order valence-corrected chi connectivity index (χ2v) is 7.93. The maximum absolute atomic E-state index is 2.74. The number of benzene rings is 1. The molecule has 1 aromatic rings. The summed E-state index contributed by atoms with van der Waals surface area (Å²) in [6.45, 7) is 12.9. The molecule has 24 heavy (non-hydrogen) atoms. The van der Waals surface area contributed by atoms with Gasteiger partial charge in [-0.15, -0.1) is 0 Å². The third kappa shape index (κ3) is 4.17. The van der Waals surface area contributed by atoms with Crippen molar-refractivity contribution in [3.63, 3.8) is 0 Å². The van der Waals surface area contributed by atoms with Crippen LogP contribution in [0.3, 0.4) is 0 Å². The lowest BCUT2D eigenvalue weighted by atomic mass is 9.97. The average Bonchev–Trinajstić information content (AvgIpc) is 2.58. The molecule has 2 aliphatic heterocycles. The highest BCUT2D eigenvalue weighted by Crippen LogP contribution is 2.22. The van der Waals surface area contributed by atoms with Gasteiger partial charge in [-0.1, -0.05) is 30.3 Å². The first-order valence-electron chi connectivity index (χ1n) is 9.45. The Balaban J connectivity index is 1.72. The molecule has 2 fully saturated rings. The highest BCUT2D eigenvalue weighted by Gasteiger charge is 2.38. The van der Waals surface area contributed by atoms with E-state index in [2.05, 4.69) is 77.9 Å². The van der Waals surface area contributed by atoms with Crippen molar-refractivity contribution in [2.45, 2.75) is 38.5 Å². The quantitative estimate of drug-likeness (QED) is 0.835. The van der Waals surface area contributed by atoms with E-state index in [1.165, 1.54) is 44.8 Å². The van der Waals surface area contributed by atoms with E-state index in [4.69, 9.17) is 0 Å². The second kappa shape index (κ2) is 7.96. The van der Waals surface area contributed by atoms with Gasteiger partial charge in [-0.25, -0.2) is 0 Å². The summed E-state index contributed by atoms with van der Waals surface area (Å²) >= 11 is 0. The molecule has 0 aliphatic carbocycles. The number of piperazine rings is 2. The van der Waals surface area contributed by atoms with Crippen LogP contribution in [0.1, 0.15) is 19.4 Å². The minimum Gasteiger partial charge on any atom is -0.303 e. The zero-order chi connectivity index (χ0) is 17.1. The molecule has 0 bridgehead atoms. The van der Waals surface area contributed by atoms with Crippen molar-refractivity contribution in [3.05, 3.63) is 35.9 Å². The molecule has 3 rings (SSSR count). The van der Waals surface area contributed by atoms with Crippen molar-refractivity contribution in [2.24, 2.45) is 0 Å². The Labute approximate surface area is 148 Å². The van der Waals surface area contributed by atoms with E-state index in [1.807, 2.05) is 0 Å². The Morgan fingerprint density at radius 2 is 1.67 bits per heavy atom. The van der Waals surface area contributed by atoms with Gasteiger partial charge in [0, 0.05) is 63.9 Å². The van der Waals surface area contributed by atoms with Gasteiger partial charge >= 0.3 is 0 Å². The average molecular weight is 331 g/mol. The molecule has 2 heterocycles. The van der Waals surface area contributed by atoms with Gasteiger partial charge in [-0.3, -0.25) is 14.7 Å². The number of hydrogen-bond acceptors (Lipinski definition) is 4. The molecule has 0 N–H and O–H groups in total. The Morgan fingerprint density at radius 3 is 2.38 bits per heavy atom. The molecule has 2 aliphatic rings. The van der Waals surface area contributed by atoms with Crippen LogP contribution in [0, 0.1) is 0 Å². The summed E-state index contributed by atoms with van der Waals surface area (Å²) in [5.41, 5.74) is 1.43. The zero-order valence-corrected chi connectivity index (χ0v) is 15.9. The summed E-state index contributed by atoms with van der Waals surface area (Å²) in [5, 5.41) is 0. The number of likely N-dealkylation sites (N-methyl/N-ethyl adjacent to an activating group) is 2. The molecule has 2 saturated heterocycles. The predicted molar refractivity (Wildman–Crippen MR) is 101 cm³/mol. The van der Waals surface area contributed by atoms with Crippen LogP contribution in [0.15, 0.2) is 30.3 Å². The number of rotatable bonds is 4. The van der Waals surface area contributed by atoms with E-state index in [9.17, 15) is 0 Å². The molecule has 2 atom stereocenters. The molecule has 0 radical (unpaired) electrons. The Morgan fingerprint density at radius 1 is 0.917 bits per heavy atom. The Kier molecular flexibility index (Phi) is 5.93. The van der Waals surface area contributed by atoms with Gasteiger partial charge in [-0.05, 0) is 33.5 Å². The monoisotopic (exact) mass is 330 g/mol. The van der Waals surface area contributed by atoms with E-state index >= 15 is 0 Å². The summed E-state index contributed by atoms with van der Waals surface area (Å²) in [5.74, 6) is 0. The van der Waals surface area contributed by atoms with Crippen molar-refractivity contribution in [1.82, 2.24) is 19.6 Å². The second-order valence-electron chi connectivity index (χ2n) is 7.93. The maximum Gasteiger partial charge on any atom is 0.0394 e. The van der Waals surface area contributed by atoms with Crippen LogP contribution in [0.25, 0.3) is 0 Å². The maximum atomic E-state index is 2.74. The normalized spacial score (nSPS) is 28.5. The summed E-state index contributed by atoms with van der Waals surface area (Å²) in [6.07, 6.45) is 0. The van der Waals surface area contributed by atoms with Gasteiger partial charge in [0.2, 0.25) is 0 Å². The Bertz CT molecular complexity index is 504. The number of hydrogen-bond donors (Lipinski definition) is 0. The molecule has 0 aromatic heterocycles. The molecule has 1 aromatic carbocycles. The zero-order valence-electron chi connectivity index (χ0n) is 15.9. The minimum atomic E-state index is 0.620. The van der Waals surface area contributed by atoms with Crippen molar-refractivity contribution in [3.8, 4) is 0 Å². The first-order chi connectivity index (χ1) is 11.5. The van der Waals surface area contributed by atoms with Gasteiger partial charge in [0.15, 0.2) is 0 Å². The minimum absolute atomic E-state index is 0.620. The fourth-order valence-electron chi connectivity index (χ4n) is 4.31. The third-order valence-corrected chi connectivity index (χ3v) is 5.80. The van der Waals surface area contributed by atoms with Crippen LogP contribution in [0.4, 0.5) is 0 Å². The molecule has 4 heteroatoms. The molecule has 2 unspecified atom stereocenters. The van der Waals surface area contributed by atoms with E-state index in [0.717, 1.165) is 6.54 Å². The summed E-state index contributed by atoms with van der Waals surface area (Å²) in [4.78, 5) is 10.5. The molecular formula is C20H34N4. The SMILES string of the molecule is CC(C)N1CCN(Cc2ccccc2)CC1C1CN(C)CCN1C. The van der Waals surface area contributed by atoms with Gasteiger partial charge in [0.05, 0.1) is 0 Å². The van der Waals surface area contributed by atoms with E-state index in [-0.39, 0.29) is 0 Å². The van der Waals surface area contributed by atoms with E-state index in [0.29, 0.717) is 18.1 Å². The van der Waals surface area contributed by atoms with Gasteiger partial charge in [-0.2, -0.15) is 0 Å². The summed E-state index contributed by atoms with van der Waals surface area (Å²) in [6, 6.07) is 12.8. The van der Waals surface area contributed by atoms with E-state index in [1.54, 1.807) is 0 Å². The highest BCUT2D eigenvalue weighted by atomic mass is 15.4. The van der Waals surface area contributed by atoms with Gasteiger partial charge in [0.1, 0.15) is 0 Å². The van der Waals surface area contributed by atoms with Crippen LogP contribution < -0.4 is 0 Å². The van der Waals surface area contributed by atoms with Crippen LogP contribution in [0.5, 0.6) is 0 Å². The summed E-state index contributed by atoms with van der Waals surface area (Å²) in [7, 11) is 4.58. The molecule has 134 valence electrons. The lowest BCUT2D eigenvalue weighted by Crippen LogP contribution is -2.66. The standard InChI is InChI=1S/C20H34N4/c1-17(2)24-13-12-23(14-18-8-6-5-7-9-18)16-20(24)19-15-21(3)10-11-22(19)4/h5-9,17,19-20H,10-16H2,1-4H3. The first kappa shape index (κ1) is 17.9. The molecule has 0 saturated carbocycles. The summed E-state index contributed by atoms with van der Waals surface area (Å²) < 4.78 is 0. The number of nitrogens with zero attached hydrogens (tertiary/aromatic N) is 4. The molecule has 0 spiro atoms. The first-order valence-corrected chi connectivity index (χ1v) is 9.45. The van der Waals surface area contributed by atoms with Crippen molar-refractivity contribution in [1.29, 1.82) is 0 Å².